The average Bonchev–Trinajstić information content (AvgIpc) is 2.30. The molecule has 1 aliphatic heterocycles. The quantitative estimate of drug-likeness (QED) is 0.738. The molecule has 3 rings (SSSR count). The molecular weight excluding hydrogens is 198 g/mol. The maximum atomic E-state index is 10.4. The van der Waals surface area contributed by atoms with E-state index in [0.29, 0.717) is 17.9 Å². The largest absolute Gasteiger partial charge is 0.392 e. The van der Waals surface area contributed by atoms with E-state index in [1.54, 1.807) is 0 Å². The van der Waals surface area contributed by atoms with Gasteiger partial charge in [0.25, 0.3) is 0 Å². The van der Waals surface area contributed by atoms with Crippen molar-refractivity contribution in [3.63, 3.8) is 0 Å². The fraction of sp³-hybridized carbons (Fsp3) is 1.00. The smallest absolute Gasteiger partial charge is 0.0611 e. The van der Waals surface area contributed by atoms with Crippen molar-refractivity contribution >= 4 is 0 Å². The van der Waals surface area contributed by atoms with Crippen molar-refractivity contribution in [1.82, 2.24) is 4.90 Å². The molecule has 0 aromatic heterocycles. The molecule has 0 aromatic carbocycles. The monoisotopic (exact) mass is 223 g/mol. The lowest BCUT2D eigenvalue weighted by Crippen LogP contribution is -2.53. The Morgan fingerprint density at radius 1 is 0.812 bits per heavy atom. The molecule has 0 amide bonds. The molecule has 2 aliphatic carbocycles. The Balaban J connectivity index is 1.69. The molecule has 0 spiro atoms. The molecule has 0 radical (unpaired) electrons. The zero-order valence-corrected chi connectivity index (χ0v) is 10.3. The van der Waals surface area contributed by atoms with Gasteiger partial charge in [-0.15, -0.1) is 0 Å². The fourth-order valence-corrected chi connectivity index (χ4v) is 4.34. The lowest BCUT2D eigenvalue weighted by molar-refractivity contribution is -0.0659. The summed E-state index contributed by atoms with van der Waals surface area (Å²) in [6.07, 6.45) is 10.7. The van der Waals surface area contributed by atoms with Gasteiger partial charge < -0.3 is 10.0 Å². The van der Waals surface area contributed by atoms with Gasteiger partial charge in [-0.1, -0.05) is 12.8 Å². The van der Waals surface area contributed by atoms with E-state index < -0.39 is 0 Å². The van der Waals surface area contributed by atoms with Crippen molar-refractivity contribution < 1.29 is 5.11 Å². The molecule has 2 saturated carbocycles. The Morgan fingerprint density at radius 3 is 2.44 bits per heavy atom. The Kier molecular flexibility index (Phi) is 3.21. The summed E-state index contributed by atoms with van der Waals surface area (Å²) >= 11 is 0. The number of aliphatic hydroxyl groups is 1. The first-order valence-corrected chi connectivity index (χ1v) is 7.28. The molecule has 16 heavy (non-hydrogen) atoms. The summed E-state index contributed by atoms with van der Waals surface area (Å²) in [4.78, 5) is 2.69. The maximum absolute atomic E-state index is 10.4. The molecule has 2 bridgehead atoms. The van der Waals surface area contributed by atoms with E-state index in [1.165, 1.54) is 64.5 Å². The molecule has 4 atom stereocenters. The minimum absolute atomic E-state index is 0.0226. The molecule has 2 heteroatoms. The number of piperidine rings is 1. The van der Waals surface area contributed by atoms with Gasteiger partial charge in [0.2, 0.25) is 0 Å². The van der Waals surface area contributed by atoms with Crippen molar-refractivity contribution in [2.24, 2.45) is 11.8 Å². The van der Waals surface area contributed by atoms with E-state index in [2.05, 4.69) is 4.90 Å². The van der Waals surface area contributed by atoms with Crippen LogP contribution < -0.4 is 0 Å². The van der Waals surface area contributed by atoms with Gasteiger partial charge in [-0.2, -0.15) is 0 Å². The van der Waals surface area contributed by atoms with Gasteiger partial charge >= 0.3 is 0 Å². The van der Waals surface area contributed by atoms with Crippen molar-refractivity contribution in [2.75, 3.05) is 13.1 Å². The van der Waals surface area contributed by atoms with Crippen LogP contribution in [0.3, 0.4) is 0 Å². The van der Waals surface area contributed by atoms with Gasteiger partial charge in [0.15, 0.2) is 0 Å². The highest BCUT2D eigenvalue weighted by atomic mass is 16.3. The number of hydrogen-bond donors (Lipinski definition) is 1. The standard InChI is InChI=1S/C14H25NO/c16-14-11-5-4-6-12(14)13(8-7-11)15-9-2-1-3-10-15/h11-14,16H,1-10H2/t11?,12?,13?,14-/m1/s1. The number of fused-ring (bicyclic) bond motifs is 2. The van der Waals surface area contributed by atoms with Crippen molar-refractivity contribution in [2.45, 2.75) is 63.5 Å². The summed E-state index contributed by atoms with van der Waals surface area (Å²) in [5.41, 5.74) is 0. The number of nitrogens with zero attached hydrogens (tertiary/aromatic N) is 1. The molecule has 1 N–H and O–H groups in total. The van der Waals surface area contributed by atoms with Crippen LogP contribution >= 0.6 is 0 Å². The maximum Gasteiger partial charge on any atom is 0.0611 e. The average molecular weight is 223 g/mol. The second-order valence-electron chi connectivity index (χ2n) is 6.09. The topological polar surface area (TPSA) is 23.5 Å². The van der Waals surface area contributed by atoms with Crippen LogP contribution in [-0.2, 0) is 0 Å². The number of hydrogen-bond acceptors (Lipinski definition) is 2. The minimum atomic E-state index is 0.0226. The molecule has 1 heterocycles. The Morgan fingerprint density at radius 2 is 1.62 bits per heavy atom. The highest BCUT2D eigenvalue weighted by molar-refractivity contribution is 4.95. The summed E-state index contributed by atoms with van der Waals surface area (Å²) in [5, 5.41) is 10.4. The van der Waals surface area contributed by atoms with Crippen LogP contribution in [0.25, 0.3) is 0 Å². The van der Waals surface area contributed by atoms with Crippen molar-refractivity contribution in [3.8, 4) is 0 Å². The first-order chi connectivity index (χ1) is 7.86. The summed E-state index contributed by atoms with van der Waals surface area (Å²) in [6.45, 7) is 2.58. The van der Waals surface area contributed by atoms with Crippen LogP contribution in [0.1, 0.15) is 51.4 Å². The van der Waals surface area contributed by atoms with E-state index in [1.807, 2.05) is 0 Å². The second kappa shape index (κ2) is 4.66. The van der Waals surface area contributed by atoms with Gasteiger partial charge in [-0.05, 0) is 57.5 Å². The molecule has 2 nitrogen and oxygen atoms in total. The summed E-state index contributed by atoms with van der Waals surface area (Å²) in [6, 6.07) is 0.715. The van der Waals surface area contributed by atoms with E-state index in [9.17, 15) is 5.11 Å². The minimum Gasteiger partial charge on any atom is -0.392 e. The third-order valence-electron chi connectivity index (χ3n) is 5.22. The van der Waals surface area contributed by atoms with Crippen LogP contribution in [-0.4, -0.2) is 35.2 Å². The van der Waals surface area contributed by atoms with E-state index in [0.717, 1.165) is 0 Å². The Hall–Kier alpha value is -0.0800. The highest BCUT2D eigenvalue weighted by Gasteiger charge is 2.42. The SMILES string of the molecule is O[C@@H]1C2CCCC1C(N1CCCCC1)CC2. The Labute approximate surface area is 99.0 Å². The third-order valence-corrected chi connectivity index (χ3v) is 5.22. The van der Waals surface area contributed by atoms with Crippen LogP contribution in [0.2, 0.25) is 0 Å². The van der Waals surface area contributed by atoms with Crippen molar-refractivity contribution in [1.29, 1.82) is 0 Å². The van der Waals surface area contributed by atoms with E-state index in [4.69, 9.17) is 0 Å². The van der Waals surface area contributed by atoms with Crippen LogP contribution in [0.15, 0.2) is 0 Å². The molecule has 3 fully saturated rings. The lowest BCUT2D eigenvalue weighted by atomic mass is 9.67. The number of aliphatic hydroxyl groups excluding tert-OH is 1. The first-order valence-electron chi connectivity index (χ1n) is 7.28. The van der Waals surface area contributed by atoms with Crippen LogP contribution in [0, 0.1) is 11.8 Å². The molecule has 3 aliphatic rings. The molecular formula is C14H25NO. The number of rotatable bonds is 1. The van der Waals surface area contributed by atoms with Gasteiger partial charge in [-0.25, -0.2) is 0 Å². The zero-order chi connectivity index (χ0) is 11.0. The third kappa shape index (κ3) is 1.91. The molecule has 3 unspecified atom stereocenters. The van der Waals surface area contributed by atoms with Gasteiger partial charge in [0.05, 0.1) is 6.10 Å². The van der Waals surface area contributed by atoms with Crippen molar-refractivity contribution in [3.05, 3.63) is 0 Å². The normalized spacial score (nSPS) is 45.6. The van der Waals surface area contributed by atoms with Gasteiger partial charge in [0.1, 0.15) is 0 Å². The zero-order valence-electron chi connectivity index (χ0n) is 10.3. The summed E-state index contributed by atoms with van der Waals surface area (Å²) in [7, 11) is 0. The summed E-state index contributed by atoms with van der Waals surface area (Å²) in [5.74, 6) is 1.24. The molecule has 0 aromatic rings. The first kappa shape index (κ1) is 11.0. The van der Waals surface area contributed by atoms with Gasteiger partial charge in [0, 0.05) is 12.0 Å². The molecule has 92 valence electrons. The number of likely N-dealkylation sites (tertiary alicyclic amines) is 1. The van der Waals surface area contributed by atoms with Crippen LogP contribution in [0.5, 0.6) is 0 Å². The van der Waals surface area contributed by atoms with E-state index >= 15 is 0 Å². The highest BCUT2D eigenvalue weighted by Crippen LogP contribution is 2.42. The Bertz CT molecular complexity index is 237. The fourth-order valence-electron chi connectivity index (χ4n) is 4.34. The van der Waals surface area contributed by atoms with E-state index in [-0.39, 0.29) is 6.10 Å². The van der Waals surface area contributed by atoms with Crippen LogP contribution in [0.4, 0.5) is 0 Å². The van der Waals surface area contributed by atoms with Gasteiger partial charge in [-0.3, -0.25) is 0 Å². The molecule has 1 saturated heterocycles. The second-order valence-corrected chi connectivity index (χ2v) is 6.09. The predicted molar refractivity (Wildman–Crippen MR) is 65.3 cm³/mol. The summed E-state index contributed by atoms with van der Waals surface area (Å²) < 4.78 is 0. The predicted octanol–water partition coefficient (Wildman–Crippen LogP) is 2.41. The lowest BCUT2D eigenvalue weighted by Gasteiger charge is -2.49.